The van der Waals surface area contributed by atoms with Crippen LogP contribution in [0.15, 0.2) is 57.4 Å². The Morgan fingerprint density at radius 2 is 1.66 bits per heavy atom. The molecule has 1 atom stereocenters. The first-order valence-corrected chi connectivity index (χ1v) is 12.7. The highest BCUT2D eigenvalue weighted by atomic mass is 32.2. The molecule has 1 aliphatic rings. The molecule has 5 rings (SSSR count). The standard InChI is InChI=1S/C24H22N4O5S2/c1-4-32-21(31)24(11-34-22-25-14-7-5-12(2)9-16(14)27-22)19(18(29)20(30)33-24)35-23-26-15-8-6-13(3)10-17(15)28-23/h5-10,29H,4,11H2,1-3H3,(H,25,27)(H,26,28). The van der Waals surface area contributed by atoms with Gasteiger partial charge in [-0.05, 0) is 67.9 Å². The third kappa shape index (κ3) is 4.25. The van der Waals surface area contributed by atoms with Gasteiger partial charge in [0.2, 0.25) is 5.76 Å². The van der Waals surface area contributed by atoms with Gasteiger partial charge in [0.25, 0.3) is 5.60 Å². The number of H-pyrrole nitrogens is 2. The van der Waals surface area contributed by atoms with E-state index in [1.807, 2.05) is 50.2 Å². The molecule has 9 nitrogen and oxygen atoms in total. The normalized spacial score (nSPS) is 18.0. The van der Waals surface area contributed by atoms with Gasteiger partial charge in [0.15, 0.2) is 10.3 Å². The average molecular weight is 511 g/mol. The number of fused-ring (bicyclic) bond motifs is 2. The number of cyclic esters (lactones) is 1. The van der Waals surface area contributed by atoms with Crippen molar-refractivity contribution >= 4 is 57.5 Å². The second-order valence-corrected chi connectivity index (χ2v) is 10.1. The molecule has 2 aromatic carbocycles. The number of aliphatic hydroxyl groups excluding tert-OH is 1. The molecule has 3 N–H and O–H groups in total. The van der Waals surface area contributed by atoms with Gasteiger partial charge in [-0.15, -0.1) is 0 Å². The molecule has 3 heterocycles. The van der Waals surface area contributed by atoms with Crippen LogP contribution < -0.4 is 0 Å². The Balaban J connectivity index is 1.50. The Morgan fingerprint density at radius 3 is 2.29 bits per heavy atom. The second kappa shape index (κ2) is 8.97. The molecule has 2 aromatic heterocycles. The molecule has 1 unspecified atom stereocenters. The number of aryl methyl sites for hydroxylation is 2. The number of hydrogen-bond acceptors (Lipinski definition) is 9. The highest BCUT2D eigenvalue weighted by molar-refractivity contribution is 8.03. The van der Waals surface area contributed by atoms with Crippen LogP contribution in [0, 0.1) is 13.8 Å². The number of benzene rings is 2. The van der Waals surface area contributed by atoms with Crippen LogP contribution in [0.2, 0.25) is 0 Å². The lowest BCUT2D eigenvalue weighted by atomic mass is 10.1. The van der Waals surface area contributed by atoms with Crippen LogP contribution in [0.3, 0.4) is 0 Å². The lowest BCUT2D eigenvalue weighted by Crippen LogP contribution is -2.44. The van der Waals surface area contributed by atoms with Crippen molar-refractivity contribution in [2.45, 2.75) is 36.7 Å². The largest absolute Gasteiger partial charge is 0.501 e. The van der Waals surface area contributed by atoms with E-state index in [2.05, 4.69) is 19.9 Å². The minimum absolute atomic E-state index is 0.0242. The van der Waals surface area contributed by atoms with Gasteiger partial charge >= 0.3 is 11.9 Å². The monoisotopic (exact) mass is 510 g/mol. The maximum Gasteiger partial charge on any atom is 0.375 e. The Labute approximate surface area is 208 Å². The summed E-state index contributed by atoms with van der Waals surface area (Å²) in [6, 6.07) is 11.6. The number of aromatic nitrogens is 4. The molecule has 0 spiro atoms. The summed E-state index contributed by atoms with van der Waals surface area (Å²) in [6.07, 6.45) is 0. The van der Waals surface area contributed by atoms with E-state index in [9.17, 15) is 14.7 Å². The van der Waals surface area contributed by atoms with Crippen molar-refractivity contribution in [3.8, 4) is 0 Å². The first-order valence-electron chi connectivity index (χ1n) is 10.9. The lowest BCUT2D eigenvalue weighted by Gasteiger charge is -2.26. The molecule has 35 heavy (non-hydrogen) atoms. The molecule has 11 heteroatoms. The van der Waals surface area contributed by atoms with Crippen molar-refractivity contribution in [1.82, 2.24) is 19.9 Å². The Bertz CT molecular complexity index is 1510. The van der Waals surface area contributed by atoms with Crippen molar-refractivity contribution in [1.29, 1.82) is 0 Å². The lowest BCUT2D eigenvalue weighted by molar-refractivity contribution is -0.169. The first kappa shape index (κ1) is 23.3. The summed E-state index contributed by atoms with van der Waals surface area (Å²) in [5.41, 5.74) is 3.43. The van der Waals surface area contributed by atoms with Crippen molar-refractivity contribution < 1.29 is 24.2 Å². The molecular formula is C24H22N4O5S2. The van der Waals surface area contributed by atoms with Crippen LogP contribution in [-0.4, -0.2) is 54.9 Å². The van der Waals surface area contributed by atoms with E-state index < -0.39 is 23.3 Å². The zero-order valence-corrected chi connectivity index (χ0v) is 20.8. The van der Waals surface area contributed by atoms with Crippen LogP contribution in [0.4, 0.5) is 0 Å². The zero-order chi connectivity index (χ0) is 24.7. The van der Waals surface area contributed by atoms with Gasteiger partial charge in [-0.3, -0.25) is 0 Å². The van der Waals surface area contributed by atoms with E-state index in [0.29, 0.717) is 10.3 Å². The van der Waals surface area contributed by atoms with E-state index in [1.54, 1.807) is 6.92 Å². The fraction of sp³-hybridized carbons (Fsp3) is 0.250. The van der Waals surface area contributed by atoms with Crippen molar-refractivity contribution in [3.63, 3.8) is 0 Å². The number of nitrogens with one attached hydrogen (secondary N) is 2. The predicted molar refractivity (Wildman–Crippen MR) is 133 cm³/mol. The molecule has 0 bridgehead atoms. The molecule has 180 valence electrons. The summed E-state index contributed by atoms with van der Waals surface area (Å²) in [7, 11) is 0. The summed E-state index contributed by atoms with van der Waals surface area (Å²) in [5, 5.41) is 11.6. The van der Waals surface area contributed by atoms with Gasteiger partial charge in [-0.2, -0.15) is 0 Å². The zero-order valence-electron chi connectivity index (χ0n) is 19.2. The van der Waals surface area contributed by atoms with Gasteiger partial charge in [0.05, 0.1) is 39.3 Å². The van der Waals surface area contributed by atoms with Gasteiger partial charge in [-0.1, -0.05) is 23.9 Å². The highest BCUT2D eigenvalue weighted by Crippen LogP contribution is 2.45. The van der Waals surface area contributed by atoms with Gasteiger partial charge in [0, 0.05) is 0 Å². The van der Waals surface area contributed by atoms with Crippen LogP contribution in [0.1, 0.15) is 18.1 Å². The van der Waals surface area contributed by atoms with Crippen molar-refractivity contribution in [2.24, 2.45) is 0 Å². The summed E-state index contributed by atoms with van der Waals surface area (Å²) in [5.74, 6) is -2.46. The quantitative estimate of drug-likeness (QED) is 0.242. The third-order valence-electron chi connectivity index (χ3n) is 5.49. The molecular weight excluding hydrogens is 488 g/mol. The van der Waals surface area contributed by atoms with Crippen LogP contribution in [-0.2, 0) is 19.1 Å². The summed E-state index contributed by atoms with van der Waals surface area (Å²) in [4.78, 5) is 41.1. The highest BCUT2D eigenvalue weighted by Gasteiger charge is 2.56. The fourth-order valence-electron chi connectivity index (χ4n) is 3.79. The van der Waals surface area contributed by atoms with Gasteiger partial charge in [0.1, 0.15) is 0 Å². The maximum atomic E-state index is 13.2. The molecule has 0 amide bonds. The molecule has 0 saturated carbocycles. The number of aromatic amines is 2. The fourth-order valence-corrected chi connectivity index (χ4v) is 5.92. The molecule has 4 aromatic rings. The molecule has 1 aliphatic heterocycles. The van der Waals surface area contributed by atoms with E-state index in [4.69, 9.17) is 9.47 Å². The molecule has 0 radical (unpaired) electrons. The number of thioether (sulfide) groups is 2. The number of imidazole rings is 2. The number of nitrogens with zero attached hydrogens (tertiary/aromatic N) is 2. The van der Waals surface area contributed by atoms with Crippen LogP contribution >= 0.6 is 23.5 Å². The van der Waals surface area contributed by atoms with Crippen molar-refractivity contribution in [3.05, 3.63) is 58.2 Å². The summed E-state index contributed by atoms with van der Waals surface area (Å²) < 4.78 is 10.8. The minimum atomic E-state index is -1.85. The van der Waals surface area contributed by atoms with E-state index >= 15 is 0 Å². The Morgan fingerprint density at radius 1 is 1.06 bits per heavy atom. The Hall–Kier alpha value is -3.44. The first-order chi connectivity index (χ1) is 16.8. The molecule has 0 fully saturated rings. The Kier molecular flexibility index (Phi) is 5.97. The molecule has 0 aliphatic carbocycles. The number of ether oxygens (including phenoxy) is 2. The van der Waals surface area contributed by atoms with Gasteiger partial charge < -0.3 is 24.5 Å². The van der Waals surface area contributed by atoms with E-state index in [1.165, 1.54) is 11.8 Å². The van der Waals surface area contributed by atoms with E-state index in [-0.39, 0.29) is 17.3 Å². The molecule has 0 saturated heterocycles. The summed E-state index contributed by atoms with van der Waals surface area (Å²) >= 11 is 2.16. The SMILES string of the molecule is CCOC(=O)C1(CSc2nc3ccc(C)cc3[nH]2)OC(=O)C(O)=C1Sc1nc2ccc(C)cc2[nH]1. The number of rotatable bonds is 7. The average Bonchev–Trinajstić information content (AvgIpc) is 3.48. The summed E-state index contributed by atoms with van der Waals surface area (Å²) in [6.45, 7) is 5.69. The number of esters is 2. The number of carbonyl (C=O) groups excluding carboxylic acids is 2. The van der Waals surface area contributed by atoms with Crippen LogP contribution in [0.5, 0.6) is 0 Å². The maximum absolute atomic E-state index is 13.2. The topological polar surface area (TPSA) is 130 Å². The number of aliphatic hydroxyl groups is 1. The predicted octanol–water partition coefficient (Wildman–Crippen LogP) is 4.57. The smallest absolute Gasteiger partial charge is 0.375 e. The number of hydrogen-bond donors (Lipinski definition) is 3. The third-order valence-corrected chi connectivity index (χ3v) is 7.62. The number of carbonyl (C=O) groups is 2. The van der Waals surface area contributed by atoms with Gasteiger partial charge in [-0.25, -0.2) is 19.6 Å². The van der Waals surface area contributed by atoms with E-state index in [0.717, 1.165) is 45.0 Å². The van der Waals surface area contributed by atoms with Crippen molar-refractivity contribution in [2.75, 3.05) is 12.4 Å². The van der Waals surface area contributed by atoms with Crippen LogP contribution in [0.25, 0.3) is 22.1 Å². The minimum Gasteiger partial charge on any atom is -0.501 e. The second-order valence-electron chi connectivity index (χ2n) is 8.13.